The van der Waals surface area contributed by atoms with Crippen LogP contribution in [0.4, 0.5) is 8.78 Å². The molecule has 0 aliphatic carbocycles. The topological polar surface area (TPSA) is 56.7 Å². The van der Waals surface area contributed by atoms with Crippen molar-refractivity contribution < 1.29 is 8.78 Å². The zero-order valence-electron chi connectivity index (χ0n) is 10.2. The van der Waals surface area contributed by atoms with Gasteiger partial charge in [-0.2, -0.15) is 5.10 Å². The van der Waals surface area contributed by atoms with Gasteiger partial charge in [-0.15, -0.1) is 0 Å². The quantitative estimate of drug-likeness (QED) is 0.900. The van der Waals surface area contributed by atoms with E-state index in [1.165, 1.54) is 18.5 Å². The Morgan fingerprint density at radius 3 is 2.39 bits per heavy atom. The molecule has 6 heteroatoms. The summed E-state index contributed by atoms with van der Waals surface area (Å²) in [6.07, 6.45) is 1.75. The van der Waals surface area contributed by atoms with Crippen molar-refractivity contribution >= 4 is 0 Å². The lowest BCUT2D eigenvalue weighted by atomic mass is 9.89. The van der Waals surface area contributed by atoms with Gasteiger partial charge < -0.3 is 5.73 Å². The molecule has 0 saturated carbocycles. The van der Waals surface area contributed by atoms with Gasteiger partial charge in [-0.05, 0) is 24.6 Å². The van der Waals surface area contributed by atoms with E-state index < -0.39 is 17.2 Å². The number of hydrogen-bond acceptors (Lipinski definition) is 3. The van der Waals surface area contributed by atoms with Crippen molar-refractivity contribution in [3.63, 3.8) is 0 Å². The molecule has 0 fully saturated rings. The second-order valence-corrected chi connectivity index (χ2v) is 4.55. The zero-order valence-corrected chi connectivity index (χ0v) is 10.2. The van der Waals surface area contributed by atoms with Crippen molar-refractivity contribution in [2.75, 3.05) is 0 Å². The number of halogens is 2. The van der Waals surface area contributed by atoms with Crippen LogP contribution in [0.5, 0.6) is 0 Å². The minimum absolute atomic E-state index is 0.340. The van der Waals surface area contributed by atoms with Crippen LogP contribution >= 0.6 is 0 Å². The molecule has 18 heavy (non-hydrogen) atoms. The number of rotatable bonds is 3. The predicted octanol–water partition coefficient (Wildman–Crippen LogP) is 1.51. The molecular weight excluding hydrogens is 238 g/mol. The second-order valence-electron chi connectivity index (χ2n) is 4.55. The lowest BCUT2D eigenvalue weighted by Crippen LogP contribution is -2.36. The Morgan fingerprint density at radius 2 is 1.89 bits per heavy atom. The summed E-state index contributed by atoms with van der Waals surface area (Å²) in [5.74, 6) is -0.621. The molecule has 0 amide bonds. The van der Waals surface area contributed by atoms with Gasteiger partial charge in [-0.25, -0.2) is 13.8 Å². The Labute approximate surface area is 103 Å². The number of hydrogen-bond donors (Lipinski definition) is 1. The smallest absolute Gasteiger partial charge is 0.138 e. The lowest BCUT2D eigenvalue weighted by molar-refractivity contribution is 0.456. The molecule has 0 spiro atoms. The Hall–Kier alpha value is -1.82. The monoisotopic (exact) mass is 252 g/mol. The molecule has 2 N–H and O–H groups in total. The summed E-state index contributed by atoms with van der Waals surface area (Å²) in [5, 5.41) is 3.93. The average molecular weight is 252 g/mol. The lowest BCUT2D eigenvalue weighted by Gasteiger charge is -2.24. The van der Waals surface area contributed by atoms with E-state index in [0.717, 1.165) is 6.07 Å². The van der Waals surface area contributed by atoms with E-state index in [2.05, 4.69) is 10.1 Å². The molecule has 1 unspecified atom stereocenters. The summed E-state index contributed by atoms with van der Waals surface area (Å²) >= 11 is 0. The average Bonchev–Trinajstić information content (AvgIpc) is 2.62. The van der Waals surface area contributed by atoms with E-state index in [1.54, 1.807) is 18.7 Å². The first-order valence-corrected chi connectivity index (χ1v) is 5.47. The van der Waals surface area contributed by atoms with Crippen LogP contribution in [-0.4, -0.2) is 14.8 Å². The van der Waals surface area contributed by atoms with Crippen molar-refractivity contribution in [3.05, 3.63) is 47.5 Å². The highest BCUT2D eigenvalue weighted by atomic mass is 19.1. The van der Waals surface area contributed by atoms with Crippen molar-refractivity contribution in [2.45, 2.75) is 18.9 Å². The van der Waals surface area contributed by atoms with Crippen molar-refractivity contribution in [1.29, 1.82) is 0 Å². The summed E-state index contributed by atoms with van der Waals surface area (Å²) in [4.78, 5) is 4.06. The molecule has 1 atom stereocenters. The summed E-state index contributed by atoms with van der Waals surface area (Å²) in [7, 11) is 1.74. The standard InChI is InChI=1S/C12H14F2N4/c1-12(15,6-11-16-7-17-18(11)2)8-3-9(13)5-10(14)4-8/h3-5,7H,6,15H2,1-2H3. The summed E-state index contributed by atoms with van der Waals surface area (Å²) in [6, 6.07) is 3.29. The number of nitrogens with two attached hydrogens (primary N) is 1. The molecule has 2 rings (SSSR count). The molecule has 1 heterocycles. The van der Waals surface area contributed by atoms with Gasteiger partial charge in [-0.1, -0.05) is 0 Å². The van der Waals surface area contributed by atoms with Crippen molar-refractivity contribution in [1.82, 2.24) is 14.8 Å². The Bertz CT molecular complexity index is 543. The minimum Gasteiger partial charge on any atom is -0.321 e. The van der Waals surface area contributed by atoms with Gasteiger partial charge in [0.25, 0.3) is 0 Å². The van der Waals surface area contributed by atoms with Gasteiger partial charge >= 0.3 is 0 Å². The van der Waals surface area contributed by atoms with E-state index >= 15 is 0 Å². The summed E-state index contributed by atoms with van der Waals surface area (Å²) in [6.45, 7) is 1.70. The maximum Gasteiger partial charge on any atom is 0.138 e. The molecule has 1 aromatic heterocycles. The first kappa shape index (κ1) is 12.6. The van der Waals surface area contributed by atoms with Crippen LogP contribution in [0.2, 0.25) is 0 Å². The fourth-order valence-corrected chi connectivity index (χ4v) is 1.79. The van der Waals surface area contributed by atoms with Crippen LogP contribution in [-0.2, 0) is 19.0 Å². The molecule has 0 saturated heterocycles. The highest BCUT2D eigenvalue weighted by Crippen LogP contribution is 2.23. The van der Waals surface area contributed by atoms with Crippen LogP contribution in [0.3, 0.4) is 0 Å². The van der Waals surface area contributed by atoms with Crippen molar-refractivity contribution in [2.24, 2.45) is 12.8 Å². The zero-order chi connectivity index (χ0) is 13.3. The second kappa shape index (κ2) is 4.45. The van der Waals surface area contributed by atoms with E-state index in [1.807, 2.05) is 0 Å². The first-order valence-electron chi connectivity index (χ1n) is 5.47. The molecule has 96 valence electrons. The number of nitrogens with zero attached hydrogens (tertiary/aromatic N) is 3. The van der Waals surface area contributed by atoms with Crippen LogP contribution in [0.1, 0.15) is 18.3 Å². The minimum atomic E-state index is -0.913. The van der Waals surface area contributed by atoms with Gasteiger partial charge in [0.15, 0.2) is 0 Å². The Balaban J connectivity index is 2.33. The van der Waals surface area contributed by atoms with Gasteiger partial charge in [-0.3, -0.25) is 4.68 Å². The SMILES string of the molecule is Cn1ncnc1CC(C)(N)c1cc(F)cc(F)c1. The van der Waals surface area contributed by atoms with Gasteiger partial charge in [0, 0.05) is 25.1 Å². The van der Waals surface area contributed by atoms with Crippen LogP contribution < -0.4 is 5.73 Å². The number of benzene rings is 1. The third-order valence-electron chi connectivity index (χ3n) is 2.85. The number of aromatic nitrogens is 3. The largest absolute Gasteiger partial charge is 0.321 e. The van der Waals surface area contributed by atoms with Crippen LogP contribution in [0.25, 0.3) is 0 Å². The van der Waals surface area contributed by atoms with E-state index in [-0.39, 0.29) is 0 Å². The third-order valence-corrected chi connectivity index (χ3v) is 2.85. The van der Waals surface area contributed by atoms with E-state index in [9.17, 15) is 8.78 Å². The Morgan fingerprint density at radius 1 is 1.28 bits per heavy atom. The fraction of sp³-hybridized carbons (Fsp3) is 0.333. The maximum atomic E-state index is 13.2. The van der Waals surface area contributed by atoms with Gasteiger partial charge in [0.2, 0.25) is 0 Å². The maximum absolute atomic E-state index is 13.2. The normalized spacial score (nSPS) is 14.5. The predicted molar refractivity (Wildman–Crippen MR) is 62.6 cm³/mol. The fourth-order valence-electron chi connectivity index (χ4n) is 1.79. The van der Waals surface area contributed by atoms with Gasteiger partial charge in [0.05, 0.1) is 0 Å². The highest BCUT2D eigenvalue weighted by Gasteiger charge is 2.25. The summed E-state index contributed by atoms with van der Waals surface area (Å²) < 4.78 is 28.0. The first-order chi connectivity index (χ1) is 8.38. The molecule has 0 aliphatic heterocycles. The Kier molecular flexibility index (Phi) is 3.13. The summed E-state index contributed by atoms with van der Waals surface area (Å²) in [5.41, 5.74) is 5.60. The third kappa shape index (κ3) is 2.53. The van der Waals surface area contributed by atoms with Crippen LogP contribution in [0.15, 0.2) is 24.5 Å². The molecule has 1 aromatic carbocycles. The van der Waals surface area contributed by atoms with Gasteiger partial charge in [0.1, 0.15) is 23.8 Å². The molecular formula is C12H14F2N4. The number of aryl methyl sites for hydroxylation is 1. The van der Waals surface area contributed by atoms with E-state index in [4.69, 9.17) is 5.73 Å². The van der Waals surface area contributed by atoms with Crippen LogP contribution in [0, 0.1) is 11.6 Å². The molecule has 0 bridgehead atoms. The molecule has 4 nitrogen and oxygen atoms in total. The highest BCUT2D eigenvalue weighted by molar-refractivity contribution is 5.26. The van der Waals surface area contributed by atoms with Crippen molar-refractivity contribution in [3.8, 4) is 0 Å². The molecule has 0 aliphatic rings. The van der Waals surface area contributed by atoms with E-state index in [0.29, 0.717) is 17.8 Å². The molecule has 0 radical (unpaired) electrons. The molecule has 2 aromatic rings.